The van der Waals surface area contributed by atoms with Gasteiger partial charge in [-0.25, -0.2) is 0 Å². The van der Waals surface area contributed by atoms with Crippen LogP contribution in [0.3, 0.4) is 0 Å². The van der Waals surface area contributed by atoms with Crippen molar-refractivity contribution in [1.29, 1.82) is 0 Å². The Balaban J connectivity index is 1.93. The van der Waals surface area contributed by atoms with Crippen molar-refractivity contribution in [1.82, 2.24) is 0 Å². The number of nitrogens with one attached hydrogen (secondary N) is 1. The normalized spacial score (nSPS) is 20.4. The molecular formula is C17H21NO4S. The van der Waals surface area contributed by atoms with E-state index in [4.69, 9.17) is 9.47 Å². The maximum absolute atomic E-state index is 12.0. The lowest BCUT2D eigenvalue weighted by atomic mass is 9.94. The number of anilines is 1. The summed E-state index contributed by atoms with van der Waals surface area (Å²) in [4.78, 5) is 23.7. The van der Waals surface area contributed by atoms with Crippen LogP contribution in [-0.4, -0.2) is 29.5 Å². The maximum Gasteiger partial charge on any atom is 0.262 e. The topological polar surface area (TPSA) is 64.6 Å². The Kier molecular flexibility index (Phi) is 5.36. The van der Waals surface area contributed by atoms with E-state index in [1.807, 2.05) is 20.8 Å². The van der Waals surface area contributed by atoms with Crippen LogP contribution in [0.2, 0.25) is 0 Å². The molecule has 0 saturated carbocycles. The highest BCUT2D eigenvalue weighted by Crippen LogP contribution is 2.45. The van der Waals surface area contributed by atoms with Gasteiger partial charge < -0.3 is 14.8 Å². The van der Waals surface area contributed by atoms with Crippen LogP contribution in [0.15, 0.2) is 36.1 Å². The van der Waals surface area contributed by atoms with Crippen molar-refractivity contribution in [3.63, 3.8) is 0 Å². The molecule has 0 spiro atoms. The second-order valence-corrected chi connectivity index (χ2v) is 7.21. The van der Waals surface area contributed by atoms with Crippen molar-refractivity contribution in [2.45, 2.75) is 25.5 Å². The minimum atomic E-state index is -0.419. The molecule has 0 saturated heterocycles. The predicted octanol–water partition coefficient (Wildman–Crippen LogP) is 3.22. The van der Waals surface area contributed by atoms with Gasteiger partial charge in [0.05, 0.1) is 11.9 Å². The molecule has 1 aromatic rings. The van der Waals surface area contributed by atoms with Crippen molar-refractivity contribution >= 4 is 28.5 Å². The zero-order chi connectivity index (χ0) is 17.0. The minimum Gasteiger partial charge on any atom is -0.497 e. The summed E-state index contributed by atoms with van der Waals surface area (Å²) in [5, 5.41) is 2.71. The number of carbonyl (C=O) groups excluding carboxylic acids is 2. The zero-order valence-corrected chi connectivity index (χ0v) is 14.5. The number of thioether (sulfide) groups is 1. The summed E-state index contributed by atoms with van der Waals surface area (Å²) in [6.45, 7) is 5.88. The van der Waals surface area contributed by atoms with E-state index in [0.29, 0.717) is 11.4 Å². The zero-order valence-electron chi connectivity index (χ0n) is 13.7. The van der Waals surface area contributed by atoms with Crippen LogP contribution < -0.4 is 10.1 Å². The lowest BCUT2D eigenvalue weighted by Crippen LogP contribution is -2.30. The molecule has 1 aliphatic rings. The molecule has 1 aromatic carbocycles. The van der Waals surface area contributed by atoms with Crippen LogP contribution in [-0.2, 0) is 14.3 Å². The van der Waals surface area contributed by atoms with Gasteiger partial charge in [-0.3, -0.25) is 9.59 Å². The van der Waals surface area contributed by atoms with E-state index in [1.165, 1.54) is 17.8 Å². The Hall–Kier alpha value is -1.95. The summed E-state index contributed by atoms with van der Waals surface area (Å²) in [5.41, 5.74) is 0.664. The largest absolute Gasteiger partial charge is 0.497 e. The first-order chi connectivity index (χ1) is 10.8. The van der Waals surface area contributed by atoms with Gasteiger partial charge in [-0.1, -0.05) is 25.6 Å². The second-order valence-electron chi connectivity index (χ2n) is 5.76. The molecule has 1 aliphatic heterocycles. The monoisotopic (exact) mass is 335 g/mol. The predicted molar refractivity (Wildman–Crippen MR) is 91.5 cm³/mol. The van der Waals surface area contributed by atoms with Crippen LogP contribution in [0.4, 0.5) is 5.69 Å². The molecule has 1 atom stereocenters. The number of hydrogen-bond donors (Lipinski definition) is 1. The third-order valence-electron chi connectivity index (χ3n) is 3.89. The molecular weight excluding hydrogens is 314 g/mol. The molecule has 0 aromatic heterocycles. The molecule has 124 valence electrons. The highest BCUT2D eigenvalue weighted by molar-refractivity contribution is 8.15. The molecule has 0 fully saturated rings. The number of methoxy groups -OCH3 is 1. The Morgan fingerprint density at radius 1 is 1.30 bits per heavy atom. The van der Waals surface area contributed by atoms with E-state index in [-0.39, 0.29) is 23.5 Å². The standard InChI is InChI=1S/C17H21NO4S/c1-11(2)17(3)14(9-16(20)23-17)22-10-15(19)18-12-5-7-13(21-4)8-6-12/h5-9,11H,10H2,1-4H3,(H,18,19). The first-order valence-corrected chi connectivity index (χ1v) is 8.18. The van der Waals surface area contributed by atoms with Gasteiger partial charge in [0.1, 0.15) is 11.5 Å². The van der Waals surface area contributed by atoms with E-state index >= 15 is 0 Å². The molecule has 0 aliphatic carbocycles. The lowest BCUT2D eigenvalue weighted by molar-refractivity contribution is -0.119. The molecule has 0 bridgehead atoms. The van der Waals surface area contributed by atoms with E-state index < -0.39 is 4.75 Å². The third kappa shape index (κ3) is 4.07. The third-order valence-corrected chi connectivity index (χ3v) is 5.30. The molecule has 1 amide bonds. The summed E-state index contributed by atoms with van der Waals surface area (Å²) in [5.74, 6) is 1.23. The second kappa shape index (κ2) is 7.08. The Morgan fingerprint density at radius 2 is 1.96 bits per heavy atom. The number of benzene rings is 1. The van der Waals surface area contributed by atoms with Gasteiger partial charge in [-0.2, -0.15) is 0 Å². The molecule has 6 heteroatoms. The van der Waals surface area contributed by atoms with Gasteiger partial charge in [0, 0.05) is 11.8 Å². The molecule has 5 nitrogen and oxygen atoms in total. The van der Waals surface area contributed by atoms with Crippen LogP contribution in [0, 0.1) is 5.92 Å². The number of amides is 1. The SMILES string of the molecule is COc1ccc(NC(=O)COC2=CC(=O)SC2(C)C(C)C)cc1. The summed E-state index contributed by atoms with van der Waals surface area (Å²) in [7, 11) is 1.59. The van der Waals surface area contributed by atoms with Crippen molar-refractivity contribution in [3.05, 3.63) is 36.1 Å². The molecule has 0 radical (unpaired) electrons. The van der Waals surface area contributed by atoms with Gasteiger partial charge in [0.2, 0.25) is 5.12 Å². The average molecular weight is 335 g/mol. The number of rotatable bonds is 6. The number of ether oxygens (including phenoxy) is 2. The summed E-state index contributed by atoms with van der Waals surface area (Å²) < 4.78 is 10.3. The fourth-order valence-electron chi connectivity index (χ4n) is 2.14. The van der Waals surface area contributed by atoms with Crippen molar-refractivity contribution in [2.75, 3.05) is 19.0 Å². The highest BCUT2D eigenvalue weighted by atomic mass is 32.2. The molecule has 1 unspecified atom stereocenters. The molecule has 1 heterocycles. The van der Waals surface area contributed by atoms with Crippen LogP contribution >= 0.6 is 11.8 Å². The molecule has 2 rings (SSSR count). The van der Waals surface area contributed by atoms with Crippen molar-refractivity contribution in [3.8, 4) is 5.75 Å². The summed E-state index contributed by atoms with van der Waals surface area (Å²) in [6.07, 6.45) is 1.48. The first-order valence-electron chi connectivity index (χ1n) is 7.37. The smallest absolute Gasteiger partial charge is 0.262 e. The van der Waals surface area contributed by atoms with Gasteiger partial charge >= 0.3 is 0 Å². The van der Waals surface area contributed by atoms with Crippen LogP contribution in [0.1, 0.15) is 20.8 Å². The van der Waals surface area contributed by atoms with E-state index in [0.717, 1.165) is 5.75 Å². The Labute approximate surface area is 140 Å². The highest BCUT2D eigenvalue weighted by Gasteiger charge is 2.42. The summed E-state index contributed by atoms with van der Waals surface area (Å²) >= 11 is 1.24. The molecule has 23 heavy (non-hydrogen) atoms. The van der Waals surface area contributed by atoms with E-state index in [9.17, 15) is 9.59 Å². The Morgan fingerprint density at radius 3 is 2.52 bits per heavy atom. The van der Waals surface area contributed by atoms with Crippen molar-refractivity contribution < 1.29 is 19.1 Å². The van der Waals surface area contributed by atoms with E-state index in [1.54, 1.807) is 31.4 Å². The quantitative estimate of drug-likeness (QED) is 0.865. The van der Waals surface area contributed by atoms with Crippen molar-refractivity contribution in [2.24, 2.45) is 5.92 Å². The fourth-order valence-corrected chi connectivity index (χ4v) is 3.18. The van der Waals surface area contributed by atoms with Crippen LogP contribution in [0.25, 0.3) is 0 Å². The number of hydrogen-bond acceptors (Lipinski definition) is 5. The Bertz CT molecular complexity index is 624. The fraction of sp³-hybridized carbons (Fsp3) is 0.412. The van der Waals surface area contributed by atoms with Gasteiger partial charge in [-0.05, 0) is 37.1 Å². The summed E-state index contributed by atoms with van der Waals surface area (Å²) in [6, 6.07) is 7.04. The van der Waals surface area contributed by atoms with Gasteiger partial charge in [0.25, 0.3) is 5.91 Å². The first kappa shape index (κ1) is 17.4. The average Bonchev–Trinajstić information content (AvgIpc) is 2.81. The van der Waals surface area contributed by atoms with Crippen LogP contribution in [0.5, 0.6) is 5.75 Å². The van der Waals surface area contributed by atoms with Gasteiger partial charge in [0.15, 0.2) is 6.61 Å². The minimum absolute atomic E-state index is 0.0354. The molecule has 1 N–H and O–H groups in total. The maximum atomic E-state index is 12.0. The number of carbonyl (C=O) groups is 2. The van der Waals surface area contributed by atoms with E-state index in [2.05, 4.69) is 5.32 Å². The lowest BCUT2D eigenvalue weighted by Gasteiger charge is -2.29. The van der Waals surface area contributed by atoms with Gasteiger partial charge in [-0.15, -0.1) is 0 Å².